The van der Waals surface area contributed by atoms with Gasteiger partial charge < -0.3 is 18.8 Å². The number of benzene rings is 2. The molecule has 0 bridgehead atoms. The summed E-state index contributed by atoms with van der Waals surface area (Å²) in [5.74, 6) is 1.65. The fourth-order valence-corrected chi connectivity index (χ4v) is 4.38. The summed E-state index contributed by atoms with van der Waals surface area (Å²) in [5, 5.41) is 3.56. The van der Waals surface area contributed by atoms with Gasteiger partial charge in [0.05, 0.1) is 19.9 Å². The second-order valence-electron chi connectivity index (χ2n) is 7.17. The second kappa shape index (κ2) is 10.3. The smallest absolute Gasteiger partial charge is 0.273 e. The molecular weight excluding hydrogens is 483 g/mol. The molecule has 0 atom stereocenters. The maximum Gasteiger partial charge on any atom is 0.273 e. The fourth-order valence-electron chi connectivity index (χ4n) is 3.12. The van der Waals surface area contributed by atoms with Crippen molar-refractivity contribution in [2.24, 2.45) is 0 Å². The van der Waals surface area contributed by atoms with Crippen LogP contribution in [0.3, 0.4) is 0 Å². The summed E-state index contributed by atoms with van der Waals surface area (Å²) in [7, 11) is 3.29. The number of hydrogen-bond acceptors (Lipinski definition) is 6. The monoisotopic (exact) mass is 502 g/mol. The van der Waals surface area contributed by atoms with Gasteiger partial charge in [0, 0.05) is 33.6 Å². The molecule has 2 aromatic heterocycles. The molecule has 33 heavy (non-hydrogen) atoms. The van der Waals surface area contributed by atoms with Crippen LogP contribution in [0.5, 0.6) is 11.5 Å². The molecule has 0 fully saturated rings. The molecule has 0 saturated heterocycles. The summed E-state index contributed by atoms with van der Waals surface area (Å²) in [6.07, 6.45) is 1.58. The number of halogens is 2. The Morgan fingerprint density at radius 2 is 2.00 bits per heavy atom. The molecule has 2 aromatic carbocycles. The molecule has 0 aliphatic rings. The van der Waals surface area contributed by atoms with Gasteiger partial charge in [-0.05, 0) is 42.5 Å². The van der Waals surface area contributed by atoms with Crippen LogP contribution in [0.2, 0.25) is 10.0 Å². The van der Waals surface area contributed by atoms with E-state index in [1.54, 1.807) is 48.9 Å². The zero-order valence-electron chi connectivity index (χ0n) is 17.9. The lowest BCUT2D eigenvalue weighted by molar-refractivity contribution is 0.0770. The molecule has 0 unspecified atom stereocenters. The van der Waals surface area contributed by atoms with Crippen molar-refractivity contribution in [1.82, 2.24) is 9.88 Å². The van der Waals surface area contributed by atoms with Crippen LogP contribution in [-0.4, -0.2) is 29.9 Å². The van der Waals surface area contributed by atoms with Crippen LogP contribution >= 0.6 is 34.5 Å². The van der Waals surface area contributed by atoms with Crippen molar-refractivity contribution in [1.29, 1.82) is 0 Å². The molecule has 0 saturated carbocycles. The van der Waals surface area contributed by atoms with E-state index in [9.17, 15) is 4.79 Å². The highest BCUT2D eigenvalue weighted by molar-refractivity contribution is 7.13. The van der Waals surface area contributed by atoms with E-state index >= 15 is 0 Å². The topological polar surface area (TPSA) is 64.8 Å². The summed E-state index contributed by atoms with van der Waals surface area (Å²) >= 11 is 13.6. The van der Waals surface area contributed by atoms with Gasteiger partial charge in [-0.3, -0.25) is 4.79 Å². The number of ether oxygens (including phenoxy) is 2. The van der Waals surface area contributed by atoms with Crippen molar-refractivity contribution in [3.05, 3.63) is 87.2 Å². The van der Waals surface area contributed by atoms with Crippen molar-refractivity contribution in [2.75, 3.05) is 14.2 Å². The van der Waals surface area contributed by atoms with Crippen LogP contribution in [-0.2, 0) is 13.2 Å². The molecular formula is C24H20Cl2N2O4S. The van der Waals surface area contributed by atoms with Crippen molar-refractivity contribution in [3.8, 4) is 22.1 Å². The molecule has 4 aromatic rings. The Morgan fingerprint density at radius 1 is 1.15 bits per heavy atom. The van der Waals surface area contributed by atoms with E-state index < -0.39 is 0 Å². The van der Waals surface area contributed by atoms with Crippen LogP contribution < -0.4 is 9.47 Å². The van der Waals surface area contributed by atoms with Crippen LogP contribution in [0.1, 0.15) is 21.8 Å². The predicted octanol–water partition coefficient (Wildman–Crippen LogP) is 6.57. The number of nitrogens with zero attached hydrogens (tertiary/aromatic N) is 2. The molecule has 0 N–H and O–H groups in total. The largest absolute Gasteiger partial charge is 0.493 e. The number of thiazole rings is 1. The quantitative estimate of drug-likeness (QED) is 0.272. The van der Waals surface area contributed by atoms with E-state index in [2.05, 4.69) is 4.98 Å². The van der Waals surface area contributed by atoms with Gasteiger partial charge in [0.2, 0.25) is 0 Å². The summed E-state index contributed by atoms with van der Waals surface area (Å²) in [6, 6.07) is 14.4. The third-order valence-electron chi connectivity index (χ3n) is 4.85. The first kappa shape index (κ1) is 23.2. The van der Waals surface area contributed by atoms with Crippen molar-refractivity contribution < 1.29 is 18.7 Å². The Bertz CT molecular complexity index is 1260. The maximum absolute atomic E-state index is 12.7. The highest BCUT2D eigenvalue weighted by Gasteiger charge is 2.18. The Kier molecular flexibility index (Phi) is 7.23. The zero-order valence-corrected chi connectivity index (χ0v) is 20.2. The molecule has 0 aliphatic heterocycles. The minimum atomic E-state index is -0.180. The van der Waals surface area contributed by atoms with Gasteiger partial charge in [0.1, 0.15) is 23.1 Å². The lowest BCUT2D eigenvalue weighted by atomic mass is 10.2. The minimum absolute atomic E-state index is 0.180. The first-order chi connectivity index (χ1) is 15.9. The molecule has 1 amide bonds. The van der Waals surface area contributed by atoms with E-state index in [0.29, 0.717) is 44.6 Å². The highest BCUT2D eigenvalue weighted by atomic mass is 35.5. The molecule has 170 valence electrons. The van der Waals surface area contributed by atoms with Gasteiger partial charge in [-0.25, -0.2) is 4.98 Å². The zero-order chi connectivity index (χ0) is 23.4. The normalized spacial score (nSPS) is 10.8. The Hall–Kier alpha value is -3.00. The van der Waals surface area contributed by atoms with Crippen molar-refractivity contribution in [3.63, 3.8) is 0 Å². The van der Waals surface area contributed by atoms with E-state index in [1.807, 2.05) is 30.3 Å². The average molecular weight is 503 g/mol. The lowest BCUT2D eigenvalue weighted by Crippen LogP contribution is -2.26. The van der Waals surface area contributed by atoms with Gasteiger partial charge >= 0.3 is 0 Å². The fraction of sp³-hybridized carbons (Fsp3) is 0.167. The molecule has 0 spiro atoms. The highest BCUT2D eigenvalue weighted by Crippen LogP contribution is 2.35. The number of carbonyl (C=O) groups excluding carboxylic acids is 1. The number of furan rings is 1. The number of carbonyl (C=O) groups is 1. The predicted molar refractivity (Wildman–Crippen MR) is 129 cm³/mol. The van der Waals surface area contributed by atoms with Gasteiger partial charge in [0.25, 0.3) is 5.91 Å². The molecule has 9 heteroatoms. The molecule has 2 heterocycles. The van der Waals surface area contributed by atoms with Gasteiger partial charge in [-0.2, -0.15) is 0 Å². The van der Waals surface area contributed by atoms with Crippen molar-refractivity contribution >= 4 is 40.4 Å². The molecule has 6 nitrogen and oxygen atoms in total. The van der Waals surface area contributed by atoms with Crippen LogP contribution in [0, 0.1) is 0 Å². The SMILES string of the molecule is COc1cc(-c2nc(C(=O)N(C)Cc3ccco3)cs2)ccc1OCc1ccc(Cl)cc1Cl. The summed E-state index contributed by atoms with van der Waals surface area (Å²) in [4.78, 5) is 18.8. The van der Waals surface area contributed by atoms with E-state index in [1.165, 1.54) is 11.3 Å². The summed E-state index contributed by atoms with van der Waals surface area (Å²) < 4.78 is 16.7. The average Bonchev–Trinajstić information content (AvgIpc) is 3.50. The standard InChI is InChI=1S/C24H20Cl2N2O4S/c1-28(12-18-4-3-9-31-18)24(29)20-14-33-23(27-20)15-6-8-21(22(10-15)30-2)32-13-16-5-7-17(25)11-19(16)26/h3-11,14H,12-13H2,1-2H3. The van der Waals surface area contributed by atoms with Crippen LogP contribution in [0.25, 0.3) is 10.6 Å². The van der Waals surface area contributed by atoms with Crippen LogP contribution in [0.4, 0.5) is 0 Å². The number of aromatic nitrogens is 1. The Morgan fingerprint density at radius 3 is 2.73 bits per heavy atom. The van der Waals surface area contributed by atoms with E-state index in [4.69, 9.17) is 37.1 Å². The molecule has 4 rings (SSSR count). The van der Waals surface area contributed by atoms with Crippen molar-refractivity contribution in [2.45, 2.75) is 13.2 Å². The van der Waals surface area contributed by atoms with E-state index in [-0.39, 0.29) is 12.5 Å². The van der Waals surface area contributed by atoms with Crippen LogP contribution in [0.15, 0.2) is 64.6 Å². The molecule has 0 radical (unpaired) electrons. The molecule has 0 aliphatic carbocycles. The number of rotatable bonds is 8. The first-order valence-corrected chi connectivity index (χ1v) is 11.6. The maximum atomic E-state index is 12.7. The number of hydrogen-bond donors (Lipinski definition) is 0. The number of methoxy groups -OCH3 is 1. The first-order valence-electron chi connectivity index (χ1n) is 9.93. The number of amides is 1. The van der Waals surface area contributed by atoms with Gasteiger partial charge in [-0.15, -0.1) is 11.3 Å². The van der Waals surface area contributed by atoms with Gasteiger partial charge in [0.15, 0.2) is 11.5 Å². The van der Waals surface area contributed by atoms with Gasteiger partial charge in [-0.1, -0.05) is 29.3 Å². The Labute approximate surface area is 205 Å². The minimum Gasteiger partial charge on any atom is -0.493 e. The lowest BCUT2D eigenvalue weighted by Gasteiger charge is -2.14. The second-order valence-corrected chi connectivity index (χ2v) is 8.87. The Balaban J connectivity index is 1.47. The summed E-state index contributed by atoms with van der Waals surface area (Å²) in [5.41, 5.74) is 2.01. The third kappa shape index (κ3) is 5.50. The third-order valence-corrected chi connectivity index (χ3v) is 6.33. The van der Waals surface area contributed by atoms with E-state index in [0.717, 1.165) is 11.1 Å². The summed E-state index contributed by atoms with van der Waals surface area (Å²) in [6.45, 7) is 0.639.